The Hall–Kier alpha value is -1.73. The zero-order valence-corrected chi connectivity index (χ0v) is 13.6. The third-order valence-corrected chi connectivity index (χ3v) is 5.12. The van der Waals surface area contributed by atoms with Crippen LogP contribution in [-0.2, 0) is 0 Å². The van der Waals surface area contributed by atoms with E-state index >= 15 is 0 Å². The zero-order valence-electron chi connectivity index (χ0n) is 13.6. The molecular formula is C16H24N6O. The minimum Gasteiger partial charge on any atom is -0.392 e. The lowest BCUT2D eigenvalue weighted by Crippen LogP contribution is -2.49. The molecule has 4 heterocycles. The molecule has 7 heteroatoms. The fourth-order valence-corrected chi connectivity index (χ4v) is 3.95. The highest BCUT2D eigenvalue weighted by molar-refractivity contribution is 5.68. The van der Waals surface area contributed by atoms with Crippen LogP contribution >= 0.6 is 0 Å². The van der Waals surface area contributed by atoms with Crippen LogP contribution in [-0.4, -0.2) is 68.1 Å². The van der Waals surface area contributed by atoms with Crippen LogP contribution < -0.4 is 4.90 Å². The second kappa shape index (κ2) is 6.05. The number of fused-ring (bicyclic) bond motifs is 1. The van der Waals surface area contributed by atoms with Gasteiger partial charge in [-0.3, -0.25) is 4.90 Å². The Labute approximate surface area is 135 Å². The van der Waals surface area contributed by atoms with Crippen LogP contribution in [0.4, 0.5) is 5.69 Å². The first-order valence-corrected chi connectivity index (χ1v) is 8.55. The van der Waals surface area contributed by atoms with Gasteiger partial charge < -0.3 is 10.0 Å². The van der Waals surface area contributed by atoms with Crippen molar-refractivity contribution in [1.82, 2.24) is 24.7 Å². The van der Waals surface area contributed by atoms with Crippen molar-refractivity contribution in [3.05, 3.63) is 18.1 Å². The largest absolute Gasteiger partial charge is 0.392 e. The van der Waals surface area contributed by atoms with Gasteiger partial charge in [0.2, 0.25) is 5.65 Å². The minimum absolute atomic E-state index is 0.139. The third-order valence-electron chi connectivity index (χ3n) is 5.12. The normalized spacial score (nSPS) is 24.4. The number of aromatic nitrogens is 4. The van der Waals surface area contributed by atoms with Gasteiger partial charge in [0.25, 0.3) is 0 Å². The molecule has 0 bridgehead atoms. The number of β-amino-alcohol motifs (C(OH)–C–C–N with tert-alkyl or cyclic N) is 1. The first-order valence-electron chi connectivity index (χ1n) is 8.55. The number of aliphatic hydroxyl groups is 1. The van der Waals surface area contributed by atoms with Crippen LogP contribution in [0.1, 0.15) is 31.4 Å². The van der Waals surface area contributed by atoms with Crippen molar-refractivity contribution in [3.63, 3.8) is 0 Å². The van der Waals surface area contributed by atoms with Gasteiger partial charge in [0.05, 0.1) is 17.5 Å². The van der Waals surface area contributed by atoms with E-state index in [-0.39, 0.29) is 6.10 Å². The number of aliphatic hydroxyl groups excluding tert-OH is 1. The van der Waals surface area contributed by atoms with Gasteiger partial charge >= 0.3 is 0 Å². The molecule has 1 atom stereocenters. The number of piperidine rings is 2. The number of hydrogen-bond donors (Lipinski definition) is 1. The lowest BCUT2D eigenvalue weighted by atomic mass is 9.98. The predicted octanol–water partition coefficient (Wildman–Crippen LogP) is 0.858. The SMILES string of the molecule is Cc1cc(N2CCC(N3CCCC(O)C3)CC2)c2nncn2n1. The summed E-state index contributed by atoms with van der Waals surface area (Å²) < 4.78 is 1.76. The molecule has 0 aliphatic carbocycles. The van der Waals surface area contributed by atoms with Crippen LogP contribution in [0.3, 0.4) is 0 Å². The van der Waals surface area contributed by atoms with Gasteiger partial charge in [0, 0.05) is 25.7 Å². The van der Waals surface area contributed by atoms with Crippen LogP contribution in [0.15, 0.2) is 12.4 Å². The van der Waals surface area contributed by atoms with E-state index in [1.165, 1.54) is 0 Å². The maximum absolute atomic E-state index is 9.89. The maximum atomic E-state index is 9.89. The number of nitrogens with zero attached hydrogens (tertiary/aromatic N) is 6. The van der Waals surface area contributed by atoms with Crippen molar-refractivity contribution >= 4 is 11.3 Å². The highest BCUT2D eigenvalue weighted by atomic mass is 16.3. The summed E-state index contributed by atoms with van der Waals surface area (Å²) >= 11 is 0. The summed E-state index contributed by atoms with van der Waals surface area (Å²) in [4.78, 5) is 4.88. The molecule has 7 nitrogen and oxygen atoms in total. The Balaban J connectivity index is 1.47. The van der Waals surface area contributed by atoms with E-state index in [2.05, 4.69) is 31.2 Å². The summed E-state index contributed by atoms with van der Waals surface area (Å²) in [7, 11) is 0. The van der Waals surface area contributed by atoms with Crippen LogP contribution in [0.2, 0.25) is 0 Å². The molecule has 2 saturated heterocycles. The van der Waals surface area contributed by atoms with Gasteiger partial charge in [-0.25, -0.2) is 0 Å². The molecule has 2 aliphatic heterocycles. The van der Waals surface area contributed by atoms with Gasteiger partial charge in [-0.1, -0.05) is 0 Å². The lowest BCUT2D eigenvalue weighted by molar-refractivity contribution is 0.0398. The van der Waals surface area contributed by atoms with E-state index in [1.54, 1.807) is 10.8 Å². The third kappa shape index (κ3) is 2.90. The molecule has 2 aromatic heterocycles. The quantitative estimate of drug-likeness (QED) is 0.886. The Morgan fingerprint density at radius 2 is 2.00 bits per heavy atom. The van der Waals surface area contributed by atoms with Gasteiger partial charge in [0.15, 0.2) is 0 Å². The Bertz CT molecular complexity index is 678. The number of anilines is 1. The number of likely N-dealkylation sites (tertiary alicyclic amines) is 1. The van der Waals surface area contributed by atoms with Crippen LogP contribution in [0, 0.1) is 6.92 Å². The van der Waals surface area contributed by atoms with E-state index in [4.69, 9.17) is 0 Å². The van der Waals surface area contributed by atoms with Crippen molar-refractivity contribution in [2.75, 3.05) is 31.1 Å². The van der Waals surface area contributed by atoms with Crippen molar-refractivity contribution < 1.29 is 5.11 Å². The summed E-state index contributed by atoms with van der Waals surface area (Å²) in [5.41, 5.74) is 2.95. The van der Waals surface area contributed by atoms with Gasteiger partial charge in [-0.05, 0) is 45.2 Å². The summed E-state index contributed by atoms with van der Waals surface area (Å²) in [5.74, 6) is 0. The summed E-state index contributed by atoms with van der Waals surface area (Å²) in [5, 5.41) is 22.5. The molecule has 0 saturated carbocycles. The van der Waals surface area contributed by atoms with Crippen LogP contribution in [0.25, 0.3) is 5.65 Å². The van der Waals surface area contributed by atoms with E-state index in [0.717, 1.165) is 68.9 Å². The molecule has 2 fully saturated rings. The van der Waals surface area contributed by atoms with E-state index in [0.29, 0.717) is 6.04 Å². The van der Waals surface area contributed by atoms with Gasteiger partial charge in [-0.2, -0.15) is 9.61 Å². The molecule has 124 valence electrons. The van der Waals surface area contributed by atoms with Gasteiger partial charge in [0.1, 0.15) is 6.33 Å². The fourth-order valence-electron chi connectivity index (χ4n) is 3.95. The van der Waals surface area contributed by atoms with E-state index in [1.807, 2.05) is 6.92 Å². The van der Waals surface area contributed by atoms with Crippen molar-refractivity contribution in [3.8, 4) is 0 Å². The maximum Gasteiger partial charge on any atom is 0.200 e. The van der Waals surface area contributed by atoms with Crippen molar-refractivity contribution in [2.45, 2.75) is 44.8 Å². The first-order chi connectivity index (χ1) is 11.2. The standard InChI is InChI=1S/C16H24N6O/c1-12-9-15(16-18-17-11-22(16)19-12)20-7-4-13(5-8-20)21-6-2-3-14(23)10-21/h9,11,13-14,23H,2-8,10H2,1H3. The summed E-state index contributed by atoms with van der Waals surface area (Å²) in [6.07, 6.45) is 5.86. The molecule has 23 heavy (non-hydrogen) atoms. The summed E-state index contributed by atoms with van der Waals surface area (Å²) in [6, 6.07) is 2.70. The van der Waals surface area contributed by atoms with Gasteiger partial charge in [-0.15, -0.1) is 10.2 Å². The minimum atomic E-state index is -0.139. The fraction of sp³-hybridized carbons (Fsp3) is 0.688. The molecule has 4 rings (SSSR count). The molecule has 2 aromatic rings. The molecule has 0 amide bonds. The Morgan fingerprint density at radius 3 is 2.78 bits per heavy atom. The second-order valence-corrected chi connectivity index (χ2v) is 6.78. The molecule has 0 spiro atoms. The molecular weight excluding hydrogens is 292 g/mol. The first kappa shape index (κ1) is 14.8. The monoisotopic (exact) mass is 316 g/mol. The zero-order chi connectivity index (χ0) is 15.8. The summed E-state index contributed by atoms with van der Waals surface area (Å²) in [6.45, 7) is 6.01. The van der Waals surface area contributed by atoms with E-state index in [9.17, 15) is 5.11 Å². The molecule has 1 N–H and O–H groups in total. The molecule has 0 radical (unpaired) electrons. The predicted molar refractivity (Wildman–Crippen MR) is 87.6 cm³/mol. The number of hydrogen-bond acceptors (Lipinski definition) is 6. The van der Waals surface area contributed by atoms with Crippen molar-refractivity contribution in [1.29, 1.82) is 0 Å². The Kier molecular flexibility index (Phi) is 3.90. The molecule has 2 aliphatic rings. The average Bonchev–Trinajstić information content (AvgIpc) is 3.02. The van der Waals surface area contributed by atoms with Crippen molar-refractivity contribution in [2.24, 2.45) is 0 Å². The van der Waals surface area contributed by atoms with E-state index < -0.39 is 0 Å². The highest BCUT2D eigenvalue weighted by Gasteiger charge is 2.29. The van der Waals surface area contributed by atoms with Crippen LogP contribution in [0.5, 0.6) is 0 Å². The molecule has 1 unspecified atom stereocenters. The number of aryl methyl sites for hydroxylation is 1. The topological polar surface area (TPSA) is 69.8 Å². The highest BCUT2D eigenvalue weighted by Crippen LogP contribution is 2.27. The smallest absolute Gasteiger partial charge is 0.200 e. The molecule has 0 aromatic carbocycles. The number of rotatable bonds is 2. The average molecular weight is 316 g/mol. The Morgan fingerprint density at radius 1 is 1.17 bits per heavy atom. The second-order valence-electron chi connectivity index (χ2n) is 6.78. The lowest BCUT2D eigenvalue weighted by Gasteiger charge is -2.42.